The molecule has 118 valence electrons. The van der Waals surface area contributed by atoms with Gasteiger partial charge in [-0.1, -0.05) is 12.1 Å². The van der Waals surface area contributed by atoms with Crippen LogP contribution < -0.4 is 14.8 Å². The molecule has 0 bridgehead atoms. The fraction of sp³-hybridized carbons (Fsp3) is 0.353. The summed E-state index contributed by atoms with van der Waals surface area (Å²) in [5.74, 6) is 1.47. The van der Waals surface area contributed by atoms with Crippen LogP contribution in [0.15, 0.2) is 42.7 Å². The highest BCUT2D eigenvalue weighted by molar-refractivity contribution is 5.43. The molecule has 2 rings (SSSR count). The highest BCUT2D eigenvalue weighted by Gasteiger charge is 2.05. The molecule has 0 amide bonds. The van der Waals surface area contributed by atoms with Crippen LogP contribution in [-0.4, -0.2) is 32.4 Å². The van der Waals surface area contributed by atoms with Gasteiger partial charge in [-0.3, -0.25) is 4.98 Å². The lowest BCUT2D eigenvalue weighted by Crippen LogP contribution is -2.13. The molecule has 1 aromatic heterocycles. The van der Waals surface area contributed by atoms with Gasteiger partial charge in [0, 0.05) is 32.6 Å². The van der Waals surface area contributed by atoms with Crippen LogP contribution in [0.1, 0.15) is 11.1 Å². The molecule has 0 fully saturated rings. The van der Waals surface area contributed by atoms with E-state index in [1.165, 1.54) is 0 Å². The minimum atomic E-state index is 0.505. The summed E-state index contributed by atoms with van der Waals surface area (Å²) < 4.78 is 16.0. The average Bonchev–Trinajstić information content (AvgIpc) is 2.57. The number of methoxy groups -OCH3 is 2. The topological polar surface area (TPSA) is 52.6 Å². The minimum Gasteiger partial charge on any atom is -0.493 e. The highest BCUT2D eigenvalue weighted by atomic mass is 16.5. The Hall–Kier alpha value is -2.11. The van der Waals surface area contributed by atoms with Crippen molar-refractivity contribution in [3.05, 3.63) is 53.9 Å². The third-order valence-corrected chi connectivity index (χ3v) is 3.15. The predicted octanol–water partition coefficient (Wildman–Crippen LogP) is 2.41. The van der Waals surface area contributed by atoms with E-state index in [2.05, 4.69) is 10.3 Å². The lowest BCUT2D eigenvalue weighted by Gasteiger charge is -2.12. The summed E-state index contributed by atoms with van der Waals surface area (Å²) in [6.45, 7) is 2.59. The molecule has 0 unspecified atom stereocenters. The maximum Gasteiger partial charge on any atom is 0.161 e. The van der Waals surface area contributed by atoms with Gasteiger partial charge in [0.25, 0.3) is 0 Å². The largest absolute Gasteiger partial charge is 0.493 e. The van der Waals surface area contributed by atoms with Crippen LogP contribution in [0.5, 0.6) is 11.5 Å². The van der Waals surface area contributed by atoms with Gasteiger partial charge < -0.3 is 19.5 Å². The maximum absolute atomic E-state index is 5.62. The van der Waals surface area contributed by atoms with Gasteiger partial charge in [0.2, 0.25) is 0 Å². The van der Waals surface area contributed by atoms with Crippen molar-refractivity contribution in [2.45, 2.75) is 13.1 Å². The molecule has 2 aromatic rings. The van der Waals surface area contributed by atoms with E-state index in [0.717, 1.165) is 35.7 Å². The number of hydrogen-bond donors (Lipinski definition) is 1. The number of hydrogen-bond acceptors (Lipinski definition) is 5. The molecule has 5 nitrogen and oxygen atoms in total. The van der Waals surface area contributed by atoms with Crippen LogP contribution in [0.4, 0.5) is 0 Å². The van der Waals surface area contributed by atoms with Crippen molar-refractivity contribution in [3.8, 4) is 11.5 Å². The molecular weight excluding hydrogens is 280 g/mol. The standard InChI is InChI=1S/C17H22N2O3/c1-20-8-9-22-16-6-5-14(10-17(16)21-2)11-19-13-15-4-3-7-18-12-15/h3-7,10,12,19H,8-9,11,13H2,1-2H3. The Morgan fingerprint density at radius 1 is 1.00 bits per heavy atom. The van der Waals surface area contributed by atoms with Crippen LogP contribution in [-0.2, 0) is 17.8 Å². The zero-order chi connectivity index (χ0) is 15.6. The van der Waals surface area contributed by atoms with Gasteiger partial charge in [-0.05, 0) is 29.3 Å². The number of rotatable bonds is 9. The Morgan fingerprint density at radius 2 is 1.86 bits per heavy atom. The Labute approximate surface area is 131 Å². The van der Waals surface area contributed by atoms with Crippen LogP contribution in [0.25, 0.3) is 0 Å². The Morgan fingerprint density at radius 3 is 2.59 bits per heavy atom. The molecule has 0 spiro atoms. The lowest BCUT2D eigenvalue weighted by atomic mass is 10.2. The zero-order valence-electron chi connectivity index (χ0n) is 13.0. The minimum absolute atomic E-state index is 0.505. The van der Waals surface area contributed by atoms with Gasteiger partial charge in [0.1, 0.15) is 6.61 Å². The number of aromatic nitrogens is 1. The molecule has 0 radical (unpaired) electrons. The summed E-state index contributed by atoms with van der Waals surface area (Å²) >= 11 is 0. The van der Waals surface area contributed by atoms with E-state index in [4.69, 9.17) is 14.2 Å². The first-order valence-corrected chi connectivity index (χ1v) is 7.21. The molecule has 5 heteroatoms. The quantitative estimate of drug-likeness (QED) is 0.721. The van der Waals surface area contributed by atoms with Crippen LogP contribution >= 0.6 is 0 Å². The smallest absolute Gasteiger partial charge is 0.161 e. The van der Waals surface area contributed by atoms with E-state index in [1.54, 1.807) is 20.4 Å². The summed E-state index contributed by atoms with van der Waals surface area (Å²) in [7, 11) is 3.29. The first-order valence-electron chi connectivity index (χ1n) is 7.21. The van der Waals surface area contributed by atoms with Crippen molar-refractivity contribution in [2.24, 2.45) is 0 Å². The normalized spacial score (nSPS) is 10.5. The van der Waals surface area contributed by atoms with Crippen molar-refractivity contribution in [3.63, 3.8) is 0 Å². The third kappa shape index (κ3) is 5.02. The van der Waals surface area contributed by atoms with Gasteiger partial charge in [-0.2, -0.15) is 0 Å². The molecule has 1 aromatic carbocycles. The van der Waals surface area contributed by atoms with Gasteiger partial charge in [-0.15, -0.1) is 0 Å². The van der Waals surface area contributed by atoms with Crippen molar-refractivity contribution < 1.29 is 14.2 Å². The molecule has 0 saturated carbocycles. The van der Waals surface area contributed by atoms with E-state index in [1.807, 2.05) is 36.5 Å². The summed E-state index contributed by atoms with van der Waals surface area (Å²) in [5.41, 5.74) is 2.30. The second-order valence-electron chi connectivity index (χ2n) is 4.79. The summed E-state index contributed by atoms with van der Waals surface area (Å²) in [6, 6.07) is 9.92. The summed E-state index contributed by atoms with van der Waals surface area (Å²) in [5, 5.41) is 3.38. The second-order valence-corrected chi connectivity index (χ2v) is 4.79. The fourth-order valence-corrected chi connectivity index (χ4v) is 2.03. The van der Waals surface area contributed by atoms with E-state index in [-0.39, 0.29) is 0 Å². The van der Waals surface area contributed by atoms with Gasteiger partial charge in [0.15, 0.2) is 11.5 Å². The highest BCUT2D eigenvalue weighted by Crippen LogP contribution is 2.28. The molecule has 0 aliphatic heterocycles. The summed E-state index contributed by atoms with van der Waals surface area (Å²) in [6.07, 6.45) is 3.64. The molecule has 0 saturated heterocycles. The Kier molecular flexibility index (Phi) is 6.67. The molecular formula is C17H22N2O3. The fourth-order valence-electron chi connectivity index (χ4n) is 2.03. The Balaban J connectivity index is 1.88. The molecule has 22 heavy (non-hydrogen) atoms. The van der Waals surface area contributed by atoms with Crippen molar-refractivity contribution in [1.82, 2.24) is 10.3 Å². The third-order valence-electron chi connectivity index (χ3n) is 3.15. The van der Waals surface area contributed by atoms with Crippen molar-refractivity contribution >= 4 is 0 Å². The molecule has 0 atom stereocenters. The van der Waals surface area contributed by atoms with Gasteiger partial charge >= 0.3 is 0 Å². The van der Waals surface area contributed by atoms with E-state index < -0.39 is 0 Å². The van der Waals surface area contributed by atoms with Gasteiger partial charge in [0.05, 0.1) is 13.7 Å². The summed E-state index contributed by atoms with van der Waals surface area (Å²) in [4.78, 5) is 4.10. The van der Waals surface area contributed by atoms with E-state index in [0.29, 0.717) is 13.2 Å². The second kappa shape index (κ2) is 9.02. The number of nitrogens with one attached hydrogen (secondary N) is 1. The van der Waals surface area contributed by atoms with E-state index in [9.17, 15) is 0 Å². The lowest BCUT2D eigenvalue weighted by molar-refractivity contribution is 0.144. The monoisotopic (exact) mass is 302 g/mol. The predicted molar refractivity (Wildman–Crippen MR) is 85.1 cm³/mol. The maximum atomic E-state index is 5.62. The average molecular weight is 302 g/mol. The molecule has 1 heterocycles. The number of nitrogens with zero attached hydrogens (tertiary/aromatic N) is 1. The van der Waals surface area contributed by atoms with Crippen LogP contribution in [0.3, 0.4) is 0 Å². The molecule has 1 N–H and O–H groups in total. The molecule has 0 aliphatic carbocycles. The van der Waals surface area contributed by atoms with E-state index >= 15 is 0 Å². The Bertz CT molecular complexity index is 561. The zero-order valence-corrected chi connectivity index (χ0v) is 13.0. The first kappa shape index (κ1) is 16.3. The number of benzene rings is 1. The van der Waals surface area contributed by atoms with Crippen LogP contribution in [0, 0.1) is 0 Å². The number of ether oxygens (including phenoxy) is 3. The number of pyridine rings is 1. The van der Waals surface area contributed by atoms with Crippen LogP contribution in [0.2, 0.25) is 0 Å². The molecule has 0 aliphatic rings. The van der Waals surface area contributed by atoms with Gasteiger partial charge in [-0.25, -0.2) is 0 Å². The SMILES string of the molecule is COCCOc1ccc(CNCc2cccnc2)cc1OC. The van der Waals surface area contributed by atoms with Crippen molar-refractivity contribution in [2.75, 3.05) is 27.4 Å². The van der Waals surface area contributed by atoms with Crippen molar-refractivity contribution in [1.29, 1.82) is 0 Å². The first-order chi connectivity index (χ1) is 10.8.